The maximum Gasteiger partial charge on any atom is 0.325 e. The predicted octanol–water partition coefficient (Wildman–Crippen LogP) is 0.696. The van der Waals surface area contributed by atoms with Crippen LogP contribution < -0.4 is 9.47 Å². The molecule has 0 spiro atoms. The van der Waals surface area contributed by atoms with Gasteiger partial charge in [-0.05, 0) is 30.9 Å². The molecule has 118 valence electrons. The van der Waals surface area contributed by atoms with Crippen LogP contribution >= 0.6 is 0 Å². The van der Waals surface area contributed by atoms with E-state index in [2.05, 4.69) is 0 Å². The van der Waals surface area contributed by atoms with E-state index in [1.807, 2.05) is 0 Å². The Balaban J connectivity index is 1.74. The standard InChI is InChI=1S/C14H15NO6S/c16-13(17)14-8-9(14)3-4-15(14)22(18,19)10-1-2-11-12(7-10)21-6-5-20-11/h1-2,7,9H,3-6,8H2,(H,16,17)/t9-,14+/m0/s1. The number of benzene rings is 1. The molecule has 1 N–H and O–H groups in total. The third kappa shape index (κ3) is 1.70. The van der Waals surface area contributed by atoms with Gasteiger partial charge >= 0.3 is 5.97 Å². The highest BCUT2D eigenvalue weighted by Gasteiger charge is 2.70. The fourth-order valence-electron chi connectivity index (χ4n) is 3.45. The highest BCUT2D eigenvalue weighted by molar-refractivity contribution is 7.89. The lowest BCUT2D eigenvalue weighted by Crippen LogP contribution is -2.45. The molecule has 2 heterocycles. The van der Waals surface area contributed by atoms with Crippen molar-refractivity contribution in [2.24, 2.45) is 5.92 Å². The number of carbonyl (C=O) groups is 1. The monoisotopic (exact) mass is 325 g/mol. The van der Waals surface area contributed by atoms with Crippen LogP contribution in [0.25, 0.3) is 0 Å². The van der Waals surface area contributed by atoms with Crippen LogP contribution in [0.3, 0.4) is 0 Å². The van der Waals surface area contributed by atoms with E-state index in [0.717, 1.165) is 4.31 Å². The molecular formula is C14H15NO6S. The maximum absolute atomic E-state index is 12.8. The summed E-state index contributed by atoms with van der Waals surface area (Å²) in [5.41, 5.74) is -1.24. The van der Waals surface area contributed by atoms with E-state index in [4.69, 9.17) is 9.47 Å². The van der Waals surface area contributed by atoms with Gasteiger partial charge in [-0.3, -0.25) is 4.79 Å². The second-order valence-electron chi connectivity index (χ2n) is 5.80. The first kappa shape index (κ1) is 13.8. The largest absolute Gasteiger partial charge is 0.486 e. The number of aliphatic carboxylic acids is 1. The number of sulfonamides is 1. The molecule has 2 atom stereocenters. The Morgan fingerprint density at radius 1 is 1.27 bits per heavy atom. The molecule has 3 aliphatic rings. The third-order valence-electron chi connectivity index (χ3n) is 4.67. The Hall–Kier alpha value is -1.80. The molecule has 7 nitrogen and oxygen atoms in total. The van der Waals surface area contributed by atoms with Crippen molar-refractivity contribution in [2.75, 3.05) is 19.8 Å². The molecule has 0 aromatic heterocycles. The zero-order valence-electron chi connectivity index (χ0n) is 11.7. The molecule has 2 fully saturated rings. The van der Waals surface area contributed by atoms with Gasteiger partial charge < -0.3 is 14.6 Å². The molecule has 0 amide bonds. The number of piperidine rings is 1. The van der Waals surface area contributed by atoms with Gasteiger partial charge in [0.15, 0.2) is 11.5 Å². The number of ether oxygens (including phenoxy) is 2. The van der Waals surface area contributed by atoms with Crippen molar-refractivity contribution in [3.8, 4) is 11.5 Å². The van der Waals surface area contributed by atoms with Crippen LogP contribution in [0.15, 0.2) is 23.1 Å². The molecule has 0 unspecified atom stereocenters. The van der Waals surface area contributed by atoms with Gasteiger partial charge in [0.2, 0.25) is 10.0 Å². The minimum atomic E-state index is -3.87. The Kier molecular flexibility index (Phi) is 2.74. The van der Waals surface area contributed by atoms with Crippen LogP contribution in [-0.4, -0.2) is 49.1 Å². The molecule has 1 saturated carbocycles. The van der Waals surface area contributed by atoms with E-state index in [-0.39, 0.29) is 17.4 Å². The van der Waals surface area contributed by atoms with Gasteiger partial charge in [0.1, 0.15) is 18.8 Å². The molecular weight excluding hydrogens is 310 g/mol. The SMILES string of the molecule is O=C(O)[C@@]12C[C@@H]1CCN2S(=O)(=O)c1ccc2c(c1)OCCO2. The molecule has 2 aliphatic heterocycles. The Morgan fingerprint density at radius 3 is 2.68 bits per heavy atom. The highest BCUT2D eigenvalue weighted by Crippen LogP contribution is 2.57. The summed E-state index contributed by atoms with van der Waals surface area (Å²) in [7, 11) is -3.87. The van der Waals surface area contributed by atoms with Crippen LogP contribution in [0.2, 0.25) is 0 Å². The van der Waals surface area contributed by atoms with Crippen molar-refractivity contribution >= 4 is 16.0 Å². The molecule has 0 radical (unpaired) electrons. The first-order valence-electron chi connectivity index (χ1n) is 7.12. The summed E-state index contributed by atoms with van der Waals surface area (Å²) in [6.07, 6.45) is 0.988. The topological polar surface area (TPSA) is 93.1 Å². The van der Waals surface area contributed by atoms with E-state index in [1.165, 1.54) is 12.1 Å². The summed E-state index contributed by atoms with van der Waals surface area (Å²) in [5, 5.41) is 9.44. The summed E-state index contributed by atoms with van der Waals surface area (Å²) in [6.45, 7) is 1.03. The van der Waals surface area contributed by atoms with Crippen molar-refractivity contribution in [3.05, 3.63) is 18.2 Å². The van der Waals surface area contributed by atoms with Gasteiger partial charge in [-0.2, -0.15) is 4.31 Å². The normalized spacial score (nSPS) is 29.9. The van der Waals surface area contributed by atoms with Crippen molar-refractivity contribution in [2.45, 2.75) is 23.3 Å². The summed E-state index contributed by atoms with van der Waals surface area (Å²) in [4.78, 5) is 11.6. The Labute approximate surface area is 127 Å². The molecule has 1 saturated heterocycles. The molecule has 8 heteroatoms. The molecule has 22 heavy (non-hydrogen) atoms. The molecule has 1 aromatic rings. The lowest BCUT2D eigenvalue weighted by atomic mass is 10.2. The summed E-state index contributed by atoms with van der Waals surface area (Å²) in [5.74, 6) is -0.250. The molecule has 1 aromatic carbocycles. The van der Waals surface area contributed by atoms with E-state index >= 15 is 0 Å². The number of carboxylic acids is 1. The summed E-state index contributed by atoms with van der Waals surface area (Å²) < 4.78 is 37.6. The molecule has 4 rings (SSSR count). The number of fused-ring (bicyclic) bond motifs is 2. The van der Waals surface area contributed by atoms with Gasteiger partial charge in [0, 0.05) is 12.6 Å². The first-order chi connectivity index (χ1) is 10.5. The fraction of sp³-hybridized carbons (Fsp3) is 0.500. The van der Waals surface area contributed by atoms with Gasteiger partial charge in [0.05, 0.1) is 4.90 Å². The molecule has 1 aliphatic carbocycles. The average molecular weight is 325 g/mol. The zero-order chi connectivity index (χ0) is 15.5. The minimum absolute atomic E-state index is 0.0462. The van der Waals surface area contributed by atoms with Crippen LogP contribution in [0.5, 0.6) is 11.5 Å². The number of hydrogen-bond donors (Lipinski definition) is 1. The highest BCUT2D eigenvalue weighted by atomic mass is 32.2. The van der Waals surface area contributed by atoms with Crippen molar-refractivity contribution in [3.63, 3.8) is 0 Å². The van der Waals surface area contributed by atoms with Gasteiger partial charge in [-0.25, -0.2) is 8.42 Å². The quantitative estimate of drug-likeness (QED) is 0.879. The van der Waals surface area contributed by atoms with Crippen molar-refractivity contribution < 1.29 is 27.8 Å². The number of rotatable bonds is 3. The van der Waals surface area contributed by atoms with Crippen LogP contribution in [0, 0.1) is 5.92 Å². The third-order valence-corrected chi connectivity index (χ3v) is 6.61. The van der Waals surface area contributed by atoms with Crippen molar-refractivity contribution in [1.82, 2.24) is 4.31 Å². The molecule has 0 bridgehead atoms. The average Bonchev–Trinajstić information content (AvgIpc) is 3.12. The number of nitrogens with zero attached hydrogens (tertiary/aromatic N) is 1. The first-order valence-corrected chi connectivity index (χ1v) is 8.56. The van der Waals surface area contributed by atoms with Crippen molar-refractivity contribution in [1.29, 1.82) is 0 Å². The summed E-state index contributed by atoms with van der Waals surface area (Å²) >= 11 is 0. The van der Waals surface area contributed by atoms with Crippen LogP contribution in [0.4, 0.5) is 0 Å². The van der Waals surface area contributed by atoms with Gasteiger partial charge in [0.25, 0.3) is 0 Å². The van der Waals surface area contributed by atoms with Gasteiger partial charge in [-0.1, -0.05) is 0 Å². The number of carboxylic acid groups (broad SMARTS) is 1. The summed E-state index contributed by atoms with van der Waals surface area (Å²) in [6, 6.07) is 4.40. The van der Waals surface area contributed by atoms with E-state index in [9.17, 15) is 18.3 Å². The Morgan fingerprint density at radius 2 is 2.00 bits per heavy atom. The van der Waals surface area contributed by atoms with Crippen LogP contribution in [-0.2, 0) is 14.8 Å². The maximum atomic E-state index is 12.8. The lowest BCUT2D eigenvalue weighted by Gasteiger charge is -2.25. The lowest BCUT2D eigenvalue weighted by molar-refractivity contribution is -0.142. The van der Waals surface area contributed by atoms with E-state index < -0.39 is 21.5 Å². The predicted molar refractivity (Wildman–Crippen MR) is 74.4 cm³/mol. The minimum Gasteiger partial charge on any atom is -0.486 e. The second kappa shape index (κ2) is 4.36. The smallest absolute Gasteiger partial charge is 0.325 e. The number of hydrogen-bond acceptors (Lipinski definition) is 5. The van der Waals surface area contributed by atoms with E-state index in [1.54, 1.807) is 6.07 Å². The Bertz CT molecular complexity index is 761. The van der Waals surface area contributed by atoms with Crippen LogP contribution in [0.1, 0.15) is 12.8 Å². The fourth-order valence-corrected chi connectivity index (χ4v) is 5.28. The second-order valence-corrected chi connectivity index (χ2v) is 7.66. The van der Waals surface area contributed by atoms with E-state index in [0.29, 0.717) is 37.6 Å². The zero-order valence-corrected chi connectivity index (χ0v) is 12.5. The van der Waals surface area contributed by atoms with Gasteiger partial charge in [-0.15, -0.1) is 0 Å².